The van der Waals surface area contributed by atoms with E-state index in [-0.39, 0.29) is 23.1 Å². The third-order valence-electron chi connectivity index (χ3n) is 2.00. The summed E-state index contributed by atoms with van der Waals surface area (Å²) in [6, 6.07) is 4.16. The number of ether oxygens (including phenoxy) is 1. The molecule has 0 aliphatic rings. The summed E-state index contributed by atoms with van der Waals surface area (Å²) in [5.74, 6) is -1.18. The molecule has 0 radical (unpaired) electrons. The van der Waals surface area contributed by atoms with Gasteiger partial charge in [-0.2, -0.15) is 5.26 Å². The molecule has 84 valence electrons. The number of esters is 1. The van der Waals surface area contributed by atoms with Crippen molar-refractivity contribution in [2.75, 3.05) is 6.61 Å². The minimum Gasteiger partial charge on any atom is -0.462 e. The Morgan fingerprint density at radius 3 is 2.81 bits per heavy atom. The third-order valence-corrected chi connectivity index (χ3v) is 2.56. The van der Waals surface area contributed by atoms with Gasteiger partial charge in [-0.25, -0.2) is 9.18 Å². The number of carbonyl (C=O) groups excluding carboxylic acids is 1. The minimum absolute atomic E-state index is 0.123. The van der Waals surface area contributed by atoms with E-state index < -0.39 is 11.8 Å². The van der Waals surface area contributed by atoms with Crippen molar-refractivity contribution in [2.24, 2.45) is 0 Å². The van der Waals surface area contributed by atoms with Crippen LogP contribution in [0, 0.1) is 17.1 Å². The molecule has 0 aliphatic carbocycles. The summed E-state index contributed by atoms with van der Waals surface area (Å²) < 4.78 is 18.1. The fourth-order valence-electron chi connectivity index (χ4n) is 1.28. The van der Waals surface area contributed by atoms with Gasteiger partial charge in [0.2, 0.25) is 0 Å². The number of hydrogen-bond acceptors (Lipinski definition) is 3. The van der Waals surface area contributed by atoms with E-state index in [0.29, 0.717) is 5.56 Å². The summed E-state index contributed by atoms with van der Waals surface area (Å²) in [6.45, 7) is 1.92. The maximum Gasteiger partial charge on any atom is 0.338 e. The van der Waals surface area contributed by atoms with Crippen molar-refractivity contribution in [2.45, 2.75) is 12.3 Å². The first-order valence-electron chi connectivity index (χ1n) is 4.60. The fourth-order valence-corrected chi connectivity index (χ4v) is 1.86. The summed E-state index contributed by atoms with van der Waals surface area (Å²) in [7, 11) is 0. The first-order chi connectivity index (χ1) is 7.65. The topological polar surface area (TPSA) is 50.1 Å². The normalized spacial score (nSPS) is 9.62. The van der Waals surface area contributed by atoms with Gasteiger partial charge in [0.1, 0.15) is 11.9 Å². The lowest BCUT2D eigenvalue weighted by molar-refractivity contribution is 0.0525. The average molecular weight is 286 g/mol. The first kappa shape index (κ1) is 12.7. The van der Waals surface area contributed by atoms with Crippen LogP contribution in [0.15, 0.2) is 12.1 Å². The number of benzene rings is 1. The molecule has 0 N–H and O–H groups in total. The Morgan fingerprint density at radius 1 is 1.62 bits per heavy atom. The number of nitrogens with zero attached hydrogens (tertiary/aromatic N) is 1. The van der Waals surface area contributed by atoms with Gasteiger partial charge in [-0.1, -0.05) is 15.9 Å². The minimum atomic E-state index is -0.634. The summed E-state index contributed by atoms with van der Waals surface area (Å²) in [5.41, 5.74) is 0.417. The summed E-state index contributed by atoms with van der Waals surface area (Å²) in [5, 5.41) is 9.03. The van der Waals surface area contributed by atoms with Crippen molar-refractivity contribution in [3.05, 3.63) is 34.6 Å². The monoisotopic (exact) mass is 285 g/mol. The van der Waals surface area contributed by atoms with Gasteiger partial charge in [-0.3, -0.25) is 0 Å². The van der Waals surface area contributed by atoms with Gasteiger partial charge in [0.15, 0.2) is 0 Å². The smallest absolute Gasteiger partial charge is 0.338 e. The Bertz CT molecular complexity index is 454. The lowest BCUT2D eigenvalue weighted by Gasteiger charge is -2.08. The Labute approximate surface area is 101 Å². The second-order valence-corrected chi connectivity index (χ2v) is 3.48. The fraction of sp³-hybridized carbons (Fsp3) is 0.273. The predicted octanol–water partition coefficient (Wildman–Crippen LogP) is 2.77. The molecular formula is C11H9BrFNO2. The van der Waals surface area contributed by atoms with Crippen LogP contribution in [0.3, 0.4) is 0 Å². The zero-order valence-corrected chi connectivity index (χ0v) is 10.2. The molecule has 0 aliphatic heterocycles. The van der Waals surface area contributed by atoms with E-state index in [0.717, 1.165) is 6.07 Å². The van der Waals surface area contributed by atoms with Gasteiger partial charge < -0.3 is 4.74 Å². The van der Waals surface area contributed by atoms with Gasteiger partial charge in [0, 0.05) is 5.33 Å². The zero-order valence-electron chi connectivity index (χ0n) is 8.59. The van der Waals surface area contributed by atoms with Gasteiger partial charge in [-0.15, -0.1) is 0 Å². The van der Waals surface area contributed by atoms with Crippen molar-refractivity contribution < 1.29 is 13.9 Å². The van der Waals surface area contributed by atoms with E-state index in [9.17, 15) is 9.18 Å². The van der Waals surface area contributed by atoms with Crippen LogP contribution in [-0.4, -0.2) is 12.6 Å². The molecule has 0 spiro atoms. The molecule has 0 amide bonds. The molecule has 0 fully saturated rings. The second-order valence-electron chi connectivity index (χ2n) is 2.91. The zero-order chi connectivity index (χ0) is 12.1. The highest BCUT2D eigenvalue weighted by Crippen LogP contribution is 2.21. The number of rotatable bonds is 3. The highest BCUT2D eigenvalue weighted by Gasteiger charge is 2.18. The largest absolute Gasteiger partial charge is 0.462 e. The molecule has 3 nitrogen and oxygen atoms in total. The van der Waals surface area contributed by atoms with Crippen LogP contribution in [-0.2, 0) is 10.1 Å². The van der Waals surface area contributed by atoms with E-state index >= 15 is 0 Å². The number of carbonyl (C=O) groups is 1. The van der Waals surface area contributed by atoms with Gasteiger partial charge in [0.05, 0.1) is 17.7 Å². The van der Waals surface area contributed by atoms with Crippen molar-refractivity contribution in [3.8, 4) is 6.07 Å². The van der Waals surface area contributed by atoms with Crippen LogP contribution in [0.25, 0.3) is 0 Å². The summed E-state index contributed by atoms with van der Waals surface area (Å²) >= 11 is 3.13. The number of hydrogen-bond donors (Lipinski definition) is 0. The van der Waals surface area contributed by atoms with Crippen molar-refractivity contribution in [1.82, 2.24) is 0 Å². The molecule has 0 aromatic heterocycles. The Kier molecular flexibility index (Phi) is 4.44. The first-order valence-corrected chi connectivity index (χ1v) is 5.72. The van der Waals surface area contributed by atoms with Crippen LogP contribution in [0.5, 0.6) is 0 Å². The van der Waals surface area contributed by atoms with Crippen LogP contribution in [0.4, 0.5) is 4.39 Å². The van der Waals surface area contributed by atoms with E-state index in [1.807, 2.05) is 0 Å². The van der Waals surface area contributed by atoms with Crippen molar-refractivity contribution in [1.29, 1.82) is 5.26 Å². The van der Waals surface area contributed by atoms with Gasteiger partial charge in [-0.05, 0) is 24.6 Å². The molecule has 0 atom stereocenters. The highest BCUT2D eigenvalue weighted by molar-refractivity contribution is 9.08. The van der Waals surface area contributed by atoms with E-state index in [1.165, 1.54) is 6.07 Å². The second kappa shape index (κ2) is 5.61. The quantitative estimate of drug-likeness (QED) is 0.634. The number of nitriles is 1. The predicted molar refractivity (Wildman–Crippen MR) is 59.7 cm³/mol. The maximum absolute atomic E-state index is 13.3. The van der Waals surface area contributed by atoms with E-state index in [4.69, 9.17) is 10.00 Å². The molecule has 0 bridgehead atoms. The SMILES string of the molecule is CCOC(=O)c1ccc(F)c(C#N)c1CBr. The molecule has 16 heavy (non-hydrogen) atoms. The molecule has 0 saturated heterocycles. The molecular weight excluding hydrogens is 277 g/mol. The molecule has 0 unspecified atom stereocenters. The lowest BCUT2D eigenvalue weighted by Crippen LogP contribution is -2.09. The average Bonchev–Trinajstić information content (AvgIpc) is 2.28. The van der Waals surface area contributed by atoms with Crippen molar-refractivity contribution in [3.63, 3.8) is 0 Å². The molecule has 5 heteroatoms. The molecule has 1 aromatic rings. The molecule has 0 heterocycles. The van der Waals surface area contributed by atoms with Crippen LogP contribution >= 0.6 is 15.9 Å². The maximum atomic E-state index is 13.3. The number of halogens is 2. The van der Waals surface area contributed by atoms with E-state index in [1.54, 1.807) is 13.0 Å². The Morgan fingerprint density at radius 2 is 2.31 bits per heavy atom. The Hall–Kier alpha value is -1.41. The standard InChI is InChI=1S/C11H9BrFNO2/c1-2-16-11(15)7-3-4-10(13)9(6-14)8(7)5-12/h3-4H,2,5H2,1H3. The van der Waals surface area contributed by atoms with Gasteiger partial charge >= 0.3 is 5.97 Å². The van der Waals surface area contributed by atoms with E-state index in [2.05, 4.69) is 15.9 Å². The van der Waals surface area contributed by atoms with Gasteiger partial charge in [0.25, 0.3) is 0 Å². The van der Waals surface area contributed by atoms with Crippen LogP contribution in [0.2, 0.25) is 0 Å². The summed E-state index contributed by atoms with van der Waals surface area (Å²) in [4.78, 5) is 11.5. The van der Waals surface area contributed by atoms with Crippen molar-refractivity contribution >= 4 is 21.9 Å². The van der Waals surface area contributed by atoms with Crippen LogP contribution in [0.1, 0.15) is 28.4 Å². The summed E-state index contributed by atoms with van der Waals surface area (Å²) in [6.07, 6.45) is 0. The number of alkyl halides is 1. The molecule has 1 aromatic carbocycles. The Balaban J connectivity index is 3.31. The van der Waals surface area contributed by atoms with Crippen LogP contribution < -0.4 is 0 Å². The lowest BCUT2D eigenvalue weighted by atomic mass is 10.0. The highest BCUT2D eigenvalue weighted by atomic mass is 79.9. The third kappa shape index (κ3) is 2.39. The molecule has 1 rings (SSSR count). The molecule has 0 saturated carbocycles.